The Bertz CT molecular complexity index is 1360. The van der Waals surface area contributed by atoms with Crippen molar-refractivity contribution in [2.24, 2.45) is 5.73 Å². The topological polar surface area (TPSA) is 97.9 Å². The van der Waals surface area contributed by atoms with Gasteiger partial charge >= 0.3 is 0 Å². The van der Waals surface area contributed by atoms with Crippen molar-refractivity contribution in [1.82, 2.24) is 19.9 Å². The summed E-state index contributed by atoms with van der Waals surface area (Å²) >= 11 is 0. The number of fused-ring (bicyclic) bond motifs is 1. The zero-order valence-electron chi connectivity index (χ0n) is 19.0. The molecule has 0 spiro atoms. The minimum Gasteiger partial charge on any atom is -0.366 e. The van der Waals surface area contributed by atoms with Crippen LogP contribution in [-0.4, -0.2) is 33.5 Å². The molecule has 0 atom stereocenters. The van der Waals surface area contributed by atoms with Crippen LogP contribution >= 0.6 is 0 Å². The average Bonchev–Trinajstić information content (AvgIpc) is 3.18. The first-order chi connectivity index (χ1) is 16.5. The van der Waals surface area contributed by atoms with Crippen LogP contribution in [0.4, 0.5) is 10.2 Å². The quantitative estimate of drug-likeness (QED) is 0.405. The lowest BCUT2D eigenvalue weighted by Crippen LogP contribution is -2.27. The lowest BCUT2D eigenvalue weighted by molar-refractivity contribution is 0.100. The number of carbonyl (C=O) groups is 1. The molecule has 8 heteroatoms. The van der Waals surface area contributed by atoms with Crippen molar-refractivity contribution in [3.05, 3.63) is 82.9 Å². The molecule has 1 saturated heterocycles. The largest absolute Gasteiger partial charge is 0.366 e. The van der Waals surface area contributed by atoms with Gasteiger partial charge in [0.15, 0.2) is 0 Å². The van der Waals surface area contributed by atoms with Gasteiger partial charge in [-0.25, -0.2) is 9.37 Å². The molecule has 1 aliphatic rings. The van der Waals surface area contributed by atoms with Gasteiger partial charge in [0, 0.05) is 34.9 Å². The van der Waals surface area contributed by atoms with Crippen molar-refractivity contribution in [2.45, 2.75) is 32.2 Å². The van der Waals surface area contributed by atoms with Crippen molar-refractivity contribution in [1.29, 1.82) is 0 Å². The van der Waals surface area contributed by atoms with Crippen LogP contribution in [0.3, 0.4) is 0 Å². The summed E-state index contributed by atoms with van der Waals surface area (Å²) in [5.41, 5.74) is 9.67. The van der Waals surface area contributed by atoms with Gasteiger partial charge in [0.05, 0.1) is 5.52 Å². The predicted molar refractivity (Wildman–Crippen MR) is 131 cm³/mol. The fourth-order valence-corrected chi connectivity index (χ4v) is 4.74. The third kappa shape index (κ3) is 4.24. The van der Waals surface area contributed by atoms with Gasteiger partial charge in [-0.3, -0.25) is 9.36 Å². The molecule has 1 amide bonds. The zero-order valence-corrected chi connectivity index (χ0v) is 19.0. The van der Waals surface area contributed by atoms with Crippen LogP contribution in [0, 0.1) is 12.7 Å². The average molecular weight is 459 g/mol. The van der Waals surface area contributed by atoms with Gasteiger partial charge in [-0.15, -0.1) is 0 Å². The Labute approximate surface area is 197 Å². The summed E-state index contributed by atoms with van der Waals surface area (Å²) < 4.78 is 15.6. The highest BCUT2D eigenvalue weighted by atomic mass is 19.1. The maximum Gasteiger partial charge on any atom is 0.249 e. The van der Waals surface area contributed by atoms with E-state index in [0.29, 0.717) is 24.0 Å². The van der Waals surface area contributed by atoms with E-state index in [4.69, 9.17) is 15.7 Å². The molecule has 0 aliphatic carbocycles. The van der Waals surface area contributed by atoms with Gasteiger partial charge in [-0.05, 0) is 74.7 Å². The van der Waals surface area contributed by atoms with Crippen LogP contribution in [0.5, 0.6) is 0 Å². The van der Waals surface area contributed by atoms with E-state index in [1.807, 2.05) is 42.0 Å². The van der Waals surface area contributed by atoms with E-state index in [0.717, 1.165) is 59.5 Å². The number of rotatable bonds is 6. The number of nitrogens with one attached hydrogen (secondary N) is 2. The van der Waals surface area contributed by atoms with Crippen LogP contribution in [0.1, 0.15) is 45.9 Å². The molecule has 1 fully saturated rings. The van der Waals surface area contributed by atoms with Crippen molar-refractivity contribution in [3.63, 3.8) is 0 Å². The first-order valence-electron chi connectivity index (χ1n) is 11.5. The van der Waals surface area contributed by atoms with Crippen molar-refractivity contribution < 1.29 is 9.18 Å². The fourth-order valence-electron chi connectivity index (χ4n) is 4.74. The van der Waals surface area contributed by atoms with Crippen LogP contribution in [0.2, 0.25) is 0 Å². The lowest BCUT2D eigenvalue weighted by Gasteiger charge is -2.25. The fraction of sp³-hybridized carbons (Fsp3) is 0.269. The number of hydrogen-bond acceptors (Lipinski definition) is 5. The van der Waals surface area contributed by atoms with Crippen LogP contribution in [0.15, 0.2) is 54.7 Å². The molecule has 4 N–H and O–H groups in total. The number of nitrogens with zero attached hydrogens (tertiary/aromatic N) is 3. The molecule has 1 aliphatic heterocycles. The number of anilines is 1. The van der Waals surface area contributed by atoms with Crippen LogP contribution < -0.4 is 16.4 Å². The molecule has 2 aromatic heterocycles. The first kappa shape index (κ1) is 22.0. The second kappa shape index (κ2) is 9.23. The highest BCUT2D eigenvalue weighted by molar-refractivity contribution is 6.06. The van der Waals surface area contributed by atoms with E-state index in [9.17, 15) is 9.18 Å². The normalized spacial score (nSPS) is 14.4. The Hall–Kier alpha value is -3.78. The number of amides is 1. The Morgan fingerprint density at radius 3 is 2.76 bits per heavy atom. The molecular weight excluding hydrogens is 431 g/mol. The van der Waals surface area contributed by atoms with Gasteiger partial charge in [-0.1, -0.05) is 18.2 Å². The van der Waals surface area contributed by atoms with E-state index in [1.165, 1.54) is 12.1 Å². The number of carbonyl (C=O) groups excluding carboxylic acids is 1. The number of piperidine rings is 1. The lowest BCUT2D eigenvalue weighted by atomic mass is 9.91. The first-order valence-corrected chi connectivity index (χ1v) is 11.5. The van der Waals surface area contributed by atoms with E-state index in [2.05, 4.69) is 10.6 Å². The molecule has 2 aromatic carbocycles. The smallest absolute Gasteiger partial charge is 0.249 e. The number of hydrogen-bond donors (Lipinski definition) is 3. The minimum absolute atomic E-state index is 0.263. The number of aryl methyl sites for hydroxylation is 1. The van der Waals surface area contributed by atoms with Gasteiger partial charge < -0.3 is 16.4 Å². The molecule has 0 radical (unpaired) electrons. The van der Waals surface area contributed by atoms with Crippen molar-refractivity contribution in [3.8, 4) is 5.95 Å². The van der Waals surface area contributed by atoms with E-state index >= 15 is 0 Å². The van der Waals surface area contributed by atoms with Gasteiger partial charge in [0.1, 0.15) is 11.6 Å². The molecule has 5 rings (SSSR count). The monoisotopic (exact) mass is 458 g/mol. The number of benzene rings is 2. The summed E-state index contributed by atoms with van der Waals surface area (Å²) in [7, 11) is 0. The molecule has 0 unspecified atom stereocenters. The number of nitrogens with two attached hydrogens (primary N) is 1. The molecule has 0 bridgehead atoms. The summed E-state index contributed by atoms with van der Waals surface area (Å²) in [6.45, 7) is 4.30. The second-order valence-corrected chi connectivity index (χ2v) is 8.71. The maximum atomic E-state index is 13.7. The Morgan fingerprint density at radius 1 is 1.21 bits per heavy atom. The third-order valence-electron chi connectivity index (χ3n) is 6.43. The molecule has 0 saturated carbocycles. The summed E-state index contributed by atoms with van der Waals surface area (Å²) in [6, 6.07) is 13.9. The zero-order chi connectivity index (χ0) is 23.7. The second-order valence-electron chi connectivity index (χ2n) is 8.71. The molecule has 34 heavy (non-hydrogen) atoms. The minimum atomic E-state index is -0.470. The van der Waals surface area contributed by atoms with E-state index in [1.54, 1.807) is 12.1 Å². The number of primary amides is 1. The summed E-state index contributed by atoms with van der Waals surface area (Å²) in [6.07, 6.45) is 3.91. The van der Waals surface area contributed by atoms with Crippen molar-refractivity contribution >= 4 is 22.6 Å². The Kier molecular flexibility index (Phi) is 5.98. The molecular formula is C26H27FN6O. The van der Waals surface area contributed by atoms with Crippen molar-refractivity contribution in [2.75, 3.05) is 18.4 Å². The van der Waals surface area contributed by atoms with E-state index in [-0.39, 0.29) is 5.82 Å². The standard InChI is InChI=1S/C26H27FN6O/c1-16-12-21-20(24(28)34)6-3-7-23(21)33(16)26-31-15-22(18-8-10-29-11-9-18)25(32-26)30-14-17-4-2-5-19(27)13-17/h2-7,12-13,15,18,29H,8-11,14H2,1H3,(H2,28,34)(H,30,31,32). The van der Waals surface area contributed by atoms with Gasteiger partial charge in [0.2, 0.25) is 11.9 Å². The van der Waals surface area contributed by atoms with Crippen LogP contribution in [-0.2, 0) is 6.54 Å². The van der Waals surface area contributed by atoms with Crippen LogP contribution in [0.25, 0.3) is 16.9 Å². The highest BCUT2D eigenvalue weighted by Crippen LogP contribution is 2.32. The summed E-state index contributed by atoms with van der Waals surface area (Å²) in [5.74, 6) is 0.861. The van der Waals surface area contributed by atoms with Gasteiger partial charge in [0.25, 0.3) is 0 Å². The van der Waals surface area contributed by atoms with E-state index < -0.39 is 5.91 Å². The predicted octanol–water partition coefficient (Wildman–Crippen LogP) is 4.05. The maximum absolute atomic E-state index is 13.7. The molecule has 174 valence electrons. The summed E-state index contributed by atoms with van der Waals surface area (Å²) in [4.78, 5) is 21.6. The SMILES string of the molecule is Cc1cc2c(C(N)=O)cccc2n1-c1ncc(C2CCNCC2)c(NCc2cccc(F)c2)n1. The molecule has 3 heterocycles. The molecule has 4 aromatic rings. The number of halogens is 1. The van der Waals surface area contributed by atoms with Gasteiger partial charge in [-0.2, -0.15) is 4.98 Å². The summed E-state index contributed by atoms with van der Waals surface area (Å²) in [5, 5.41) is 7.60. The molecule has 7 nitrogen and oxygen atoms in total. The Balaban J connectivity index is 1.57. The number of aromatic nitrogens is 3. The highest BCUT2D eigenvalue weighted by Gasteiger charge is 2.22. The third-order valence-corrected chi connectivity index (χ3v) is 6.43. The Morgan fingerprint density at radius 2 is 2.00 bits per heavy atom.